The number of halogens is 2. The zero-order chi connectivity index (χ0) is 21.3. The number of nitrogens with zero attached hydrogens (tertiary/aromatic N) is 2. The van der Waals surface area contributed by atoms with Gasteiger partial charge in [0.1, 0.15) is 24.6 Å². The van der Waals surface area contributed by atoms with Gasteiger partial charge in [0.05, 0.1) is 18.3 Å². The topological polar surface area (TPSA) is 77.5 Å². The molecule has 2 aromatic carbocycles. The van der Waals surface area contributed by atoms with E-state index < -0.39 is 5.82 Å². The summed E-state index contributed by atoms with van der Waals surface area (Å²) in [5, 5.41) is 7.27. The van der Waals surface area contributed by atoms with Crippen molar-refractivity contribution in [1.82, 2.24) is 15.3 Å². The number of hydrogen-bond donors (Lipinski definition) is 2. The number of benzene rings is 2. The minimum atomic E-state index is -0.473. The Labute approximate surface area is 179 Å². The Hall–Kier alpha value is -2.68. The highest BCUT2D eigenvalue weighted by atomic mass is 35.5. The Morgan fingerprint density at radius 3 is 2.67 bits per heavy atom. The molecule has 3 aromatic rings. The monoisotopic (exact) mass is 434 g/mol. The maximum absolute atomic E-state index is 14.2. The lowest BCUT2D eigenvalue weighted by atomic mass is 10.2. The molecular formula is C21H24ClFN4O3. The molecule has 30 heavy (non-hydrogen) atoms. The predicted octanol–water partition coefficient (Wildman–Crippen LogP) is 4.18. The molecular weight excluding hydrogens is 411 g/mol. The van der Waals surface area contributed by atoms with Gasteiger partial charge in [-0.15, -0.1) is 0 Å². The predicted molar refractivity (Wildman–Crippen MR) is 116 cm³/mol. The van der Waals surface area contributed by atoms with Crippen LogP contribution >= 0.6 is 11.6 Å². The van der Waals surface area contributed by atoms with E-state index in [0.717, 1.165) is 19.6 Å². The molecule has 0 atom stereocenters. The molecule has 0 saturated carbocycles. The second-order valence-corrected chi connectivity index (χ2v) is 6.87. The van der Waals surface area contributed by atoms with E-state index >= 15 is 0 Å². The van der Waals surface area contributed by atoms with Gasteiger partial charge in [0.15, 0.2) is 11.5 Å². The summed E-state index contributed by atoms with van der Waals surface area (Å²) < 4.78 is 30.5. The maximum Gasteiger partial charge on any atom is 0.163 e. The summed E-state index contributed by atoms with van der Waals surface area (Å²) in [7, 11) is 3.25. The molecule has 3 rings (SSSR count). The molecule has 0 bridgehead atoms. The smallest absolute Gasteiger partial charge is 0.163 e. The van der Waals surface area contributed by atoms with Crippen LogP contribution in [0, 0.1) is 5.82 Å². The van der Waals surface area contributed by atoms with Gasteiger partial charge in [-0.25, -0.2) is 14.4 Å². The molecule has 160 valence electrons. The maximum atomic E-state index is 14.2. The highest BCUT2D eigenvalue weighted by Gasteiger charge is 2.13. The van der Waals surface area contributed by atoms with Crippen LogP contribution in [0.15, 0.2) is 36.7 Å². The lowest BCUT2D eigenvalue weighted by molar-refractivity contribution is 0.193. The van der Waals surface area contributed by atoms with Crippen LogP contribution < -0.4 is 20.1 Å². The van der Waals surface area contributed by atoms with Gasteiger partial charge in [0.25, 0.3) is 0 Å². The molecule has 1 aromatic heterocycles. The van der Waals surface area contributed by atoms with Crippen molar-refractivity contribution in [2.45, 2.75) is 6.42 Å². The van der Waals surface area contributed by atoms with Gasteiger partial charge < -0.3 is 24.8 Å². The Bertz CT molecular complexity index is 990. The zero-order valence-electron chi connectivity index (χ0n) is 16.9. The fourth-order valence-electron chi connectivity index (χ4n) is 2.85. The average molecular weight is 435 g/mol. The van der Waals surface area contributed by atoms with E-state index in [2.05, 4.69) is 20.6 Å². The second-order valence-electron chi connectivity index (χ2n) is 6.44. The lowest BCUT2D eigenvalue weighted by Crippen LogP contribution is -2.23. The van der Waals surface area contributed by atoms with Crippen LogP contribution in [0.5, 0.6) is 11.5 Å². The van der Waals surface area contributed by atoms with Crippen molar-refractivity contribution in [2.24, 2.45) is 0 Å². The van der Waals surface area contributed by atoms with E-state index in [9.17, 15) is 4.39 Å². The third kappa shape index (κ3) is 5.69. The van der Waals surface area contributed by atoms with Crippen molar-refractivity contribution >= 4 is 34.0 Å². The molecule has 0 saturated heterocycles. The van der Waals surface area contributed by atoms with Gasteiger partial charge in [0.2, 0.25) is 0 Å². The number of anilines is 2. The summed E-state index contributed by atoms with van der Waals surface area (Å²) in [4.78, 5) is 8.55. The van der Waals surface area contributed by atoms with Gasteiger partial charge in [0, 0.05) is 36.7 Å². The van der Waals surface area contributed by atoms with Crippen LogP contribution in [0.4, 0.5) is 15.9 Å². The van der Waals surface area contributed by atoms with E-state index in [4.69, 9.17) is 25.8 Å². The molecule has 0 unspecified atom stereocenters. The van der Waals surface area contributed by atoms with Crippen LogP contribution in [0.25, 0.3) is 10.9 Å². The average Bonchev–Trinajstić information content (AvgIpc) is 2.74. The molecule has 0 fully saturated rings. The molecule has 0 aliphatic heterocycles. The molecule has 1 heterocycles. The fourth-order valence-corrected chi connectivity index (χ4v) is 3.01. The van der Waals surface area contributed by atoms with Crippen molar-refractivity contribution in [3.8, 4) is 11.5 Å². The number of nitrogens with one attached hydrogen (secondary N) is 2. The summed E-state index contributed by atoms with van der Waals surface area (Å²) in [6, 6.07) is 7.95. The first-order valence-electron chi connectivity index (χ1n) is 9.49. The van der Waals surface area contributed by atoms with E-state index in [-0.39, 0.29) is 5.69 Å². The van der Waals surface area contributed by atoms with Gasteiger partial charge in [-0.3, -0.25) is 0 Å². The van der Waals surface area contributed by atoms with Crippen LogP contribution in [-0.4, -0.2) is 50.5 Å². The summed E-state index contributed by atoms with van der Waals surface area (Å²) in [6.07, 6.45) is 2.35. The van der Waals surface area contributed by atoms with Crippen molar-refractivity contribution in [2.75, 3.05) is 45.8 Å². The first-order valence-corrected chi connectivity index (χ1v) is 9.87. The van der Waals surface area contributed by atoms with Gasteiger partial charge in [-0.2, -0.15) is 0 Å². The molecule has 9 heteroatoms. The summed E-state index contributed by atoms with van der Waals surface area (Å²) in [5.74, 6) is 1.09. The minimum absolute atomic E-state index is 0.262. The van der Waals surface area contributed by atoms with Crippen LogP contribution in [-0.2, 0) is 4.74 Å². The van der Waals surface area contributed by atoms with Crippen molar-refractivity contribution in [3.63, 3.8) is 0 Å². The van der Waals surface area contributed by atoms with Crippen molar-refractivity contribution in [1.29, 1.82) is 0 Å². The van der Waals surface area contributed by atoms with E-state index in [1.807, 2.05) is 0 Å². The third-order valence-corrected chi connectivity index (χ3v) is 4.58. The molecule has 0 spiro atoms. The SMILES string of the molecule is COCCCNCCOc1cc2ncnc(Nc3ccc(Cl)cc3F)c2cc1OC. The Morgan fingerprint density at radius 2 is 1.90 bits per heavy atom. The fraction of sp³-hybridized carbons (Fsp3) is 0.333. The lowest BCUT2D eigenvalue weighted by Gasteiger charge is -2.14. The van der Waals surface area contributed by atoms with Gasteiger partial charge in [-0.05, 0) is 37.2 Å². The van der Waals surface area contributed by atoms with Gasteiger partial charge in [-0.1, -0.05) is 11.6 Å². The normalized spacial score (nSPS) is 10.9. The largest absolute Gasteiger partial charge is 0.493 e. The number of aromatic nitrogens is 2. The molecule has 0 radical (unpaired) electrons. The first-order chi connectivity index (χ1) is 14.6. The summed E-state index contributed by atoms with van der Waals surface area (Å²) >= 11 is 5.82. The third-order valence-electron chi connectivity index (χ3n) is 4.34. The number of fused-ring (bicyclic) bond motifs is 1. The number of rotatable bonds is 11. The Balaban J connectivity index is 1.75. The van der Waals surface area contributed by atoms with Crippen LogP contribution in [0.2, 0.25) is 5.02 Å². The van der Waals surface area contributed by atoms with Crippen LogP contribution in [0.3, 0.4) is 0 Å². The first kappa shape index (κ1) is 22.0. The van der Waals surface area contributed by atoms with E-state index in [1.165, 1.54) is 12.4 Å². The van der Waals surface area contributed by atoms with E-state index in [1.54, 1.807) is 38.5 Å². The Kier molecular flexibility index (Phi) is 8.01. The van der Waals surface area contributed by atoms with Crippen LogP contribution in [0.1, 0.15) is 6.42 Å². The summed E-state index contributed by atoms with van der Waals surface area (Å²) in [6.45, 7) is 2.75. The highest BCUT2D eigenvalue weighted by Crippen LogP contribution is 2.35. The number of ether oxygens (including phenoxy) is 3. The Morgan fingerprint density at radius 1 is 1.03 bits per heavy atom. The second kappa shape index (κ2) is 10.9. The molecule has 0 aliphatic rings. The molecule has 0 amide bonds. The molecule has 2 N–H and O–H groups in total. The van der Waals surface area contributed by atoms with E-state index in [0.29, 0.717) is 46.4 Å². The van der Waals surface area contributed by atoms with Gasteiger partial charge >= 0.3 is 0 Å². The number of methoxy groups -OCH3 is 2. The molecule has 0 aliphatic carbocycles. The standard InChI is InChI=1S/C21H24ClFN4O3/c1-28-8-3-6-24-7-9-30-20-12-18-15(11-19(20)29-2)21(26-13-25-18)27-17-5-4-14(22)10-16(17)23/h4-5,10-13,24H,3,6-9H2,1-2H3,(H,25,26,27). The quantitative estimate of drug-likeness (QED) is 0.438. The molecule has 7 nitrogen and oxygen atoms in total. The van der Waals surface area contributed by atoms with Crippen molar-refractivity contribution in [3.05, 3.63) is 47.5 Å². The number of hydrogen-bond acceptors (Lipinski definition) is 7. The highest BCUT2D eigenvalue weighted by molar-refractivity contribution is 6.30. The minimum Gasteiger partial charge on any atom is -0.493 e. The summed E-state index contributed by atoms with van der Waals surface area (Å²) in [5.41, 5.74) is 0.906. The zero-order valence-corrected chi connectivity index (χ0v) is 17.6. The van der Waals surface area contributed by atoms with Crippen molar-refractivity contribution < 1.29 is 18.6 Å².